The Kier molecular flexibility index (Phi) is 4.80. The Morgan fingerprint density at radius 2 is 1.94 bits per heavy atom. The first-order valence-electron chi connectivity index (χ1n) is 5.09. The molecule has 8 heteroatoms. The second-order valence-electron chi connectivity index (χ2n) is 4.49. The molecule has 0 aromatic carbocycles. The normalized spacial score (nSPS) is 33.9. The Morgan fingerprint density at radius 1 is 1.35 bits per heavy atom. The van der Waals surface area contributed by atoms with E-state index in [0.717, 1.165) is 0 Å². The zero-order chi connectivity index (χ0) is 13.2. The van der Waals surface area contributed by atoms with E-state index in [1.165, 1.54) is 0 Å². The van der Waals surface area contributed by atoms with Gasteiger partial charge in [-0.15, -0.1) is 0 Å². The summed E-state index contributed by atoms with van der Waals surface area (Å²) in [5, 5.41) is 27.8. The van der Waals surface area contributed by atoms with Gasteiger partial charge in [-0.3, -0.25) is 0 Å². The summed E-state index contributed by atoms with van der Waals surface area (Å²) in [6.07, 6.45) is -4.48. The molecular formula is C9H17AsO7. The molecule has 1 aliphatic rings. The third-order valence-electron chi connectivity index (χ3n) is 2.31. The summed E-state index contributed by atoms with van der Waals surface area (Å²) >= 11 is -3.01. The molecule has 1 aliphatic heterocycles. The third kappa shape index (κ3) is 4.44. The minimum atomic E-state index is -3.01. The van der Waals surface area contributed by atoms with Gasteiger partial charge in [-0.05, 0) is 0 Å². The summed E-state index contributed by atoms with van der Waals surface area (Å²) in [4.78, 5) is 10.3. The van der Waals surface area contributed by atoms with Crippen LogP contribution in [0.15, 0.2) is 0 Å². The molecule has 0 radical (unpaired) electrons. The van der Waals surface area contributed by atoms with E-state index in [0.29, 0.717) is 0 Å². The molecule has 0 unspecified atom stereocenters. The Labute approximate surface area is 101 Å². The predicted octanol–water partition coefficient (Wildman–Crippen LogP) is -0.830. The van der Waals surface area contributed by atoms with Crippen molar-refractivity contribution in [3.05, 3.63) is 0 Å². The number of aliphatic carboxylic acids is 1. The van der Waals surface area contributed by atoms with Gasteiger partial charge in [0.05, 0.1) is 0 Å². The van der Waals surface area contributed by atoms with Crippen molar-refractivity contribution in [2.75, 3.05) is 6.61 Å². The van der Waals surface area contributed by atoms with Crippen LogP contribution in [0.5, 0.6) is 0 Å². The van der Waals surface area contributed by atoms with E-state index in [-0.39, 0.29) is 5.21 Å². The molecule has 0 bridgehead atoms. The summed E-state index contributed by atoms with van der Waals surface area (Å²) in [5.74, 6) is -1.19. The maximum atomic E-state index is 11.6. The molecular weight excluding hydrogens is 295 g/mol. The van der Waals surface area contributed by atoms with E-state index in [2.05, 4.69) is 0 Å². The molecule has 0 amide bonds. The third-order valence-corrected chi connectivity index (χ3v) is 4.91. The Hall–Kier alpha value is -0.332. The molecule has 0 spiro atoms. The average molecular weight is 312 g/mol. The number of hydrogen-bond donors (Lipinski definition) is 3. The van der Waals surface area contributed by atoms with Crippen LogP contribution in [0.3, 0.4) is 0 Å². The molecule has 0 aromatic rings. The summed E-state index contributed by atoms with van der Waals surface area (Å²) in [7, 11) is 0. The van der Waals surface area contributed by atoms with Crippen LogP contribution in [0.4, 0.5) is 0 Å². The van der Waals surface area contributed by atoms with Crippen molar-refractivity contribution < 1.29 is 33.3 Å². The number of carboxylic acids is 1. The topological polar surface area (TPSA) is 113 Å². The van der Waals surface area contributed by atoms with Gasteiger partial charge >= 0.3 is 101 Å². The van der Waals surface area contributed by atoms with Gasteiger partial charge in [0.2, 0.25) is 0 Å². The molecule has 1 saturated heterocycles. The number of hydrogen-bond acceptors (Lipinski definition) is 6. The van der Waals surface area contributed by atoms with Gasteiger partial charge in [-0.25, -0.2) is 0 Å². The average Bonchev–Trinajstić information content (AvgIpc) is 2.41. The van der Waals surface area contributed by atoms with E-state index < -0.39 is 50.7 Å². The van der Waals surface area contributed by atoms with Crippen molar-refractivity contribution in [2.45, 2.75) is 41.2 Å². The van der Waals surface area contributed by atoms with Gasteiger partial charge < -0.3 is 0 Å². The van der Waals surface area contributed by atoms with E-state index >= 15 is 0 Å². The maximum absolute atomic E-state index is 11.6. The molecule has 1 heterocycles. The minimum absolute atomic E-state index is 0.170. The number of rotatable bonds is 5. The van der Waals surface area contributed by atoms with Gasteiger partial charge in [0.15, 0.2) is 0 Å². The molecule has 0 saturated carbocycles. The quantitative estimate of drug-likeness (QED) is 0.568. The van der Waals surface area contributed by atoms with Gasteiger partial charge in [-0.1, -0.05) is 0 Å². The molecule has 1 fully saturated rings. The summed E-state index contributed by atoms with van der Waals surface area (Å²) in [6, 6.07) is 0. The molecule has 4 atom stereocenters. The fourth-order valence-electron chi connectivity index (χ4n) is 1.59. The van der Waals surface area contributed by atoms with E-state index in [1.807, 2.05) is 0 Å². The van der Waals surface area contributed by atoms with Crippen molar-refractivity contribution >= 4 is 19.5 Å². The van der Waals surface area contributed by atoms with Crippen molar-refractivity contribution in [1.29, 1.82) is 0 Å². The summed E-state index contributed by atoms with van der Waals surface area (Å²) < 4.78 is 21.6. The number of ether oxygens (including phenoxy) is 2. The number of carbonyl (C=O) groups is 1. The second kappa shape index (κ2) is 5.54. The number of carboxylic acid groups (broad SMARTS) is 1. The van der Waals surface area contributed by atoms with Crippen LogP contribution in [-0.4, -0.2) is 66.0 Å². The number of aliphatic hydroxyl groups is 2. The van der Waals surface area contributed by atoms with Crippen molar-refractivity contribution in [3.8, 4) is 0 Å². The molecule has 3 N–H and O–H groups in total. The van der Waals surface area contributed by atoms with Gasteiger partial charge in [0.25, 0.3) is 0 Å². The standard InChI is InChI=1S/C9H17AsO7/c1-10(2,15)3-5-7(13)8(14)9(17-5)16-4-6(11)12/h5,7-9,13-14H,3-4H2,1-2H3,(H,11,12)/t5-,7-,8-,9-/m1/s1. The first kappa shape index (κ1) is 14.7. The van der Waals surface area contributed by atoms with Crippen LogP contribution in [0.25, 0.3) is 0 Å². The zero-order valence-electron chi connectivity index (χ0n) is 9.65. The van der Waals surface area contributed by atoms with Gasteiger partial charge in [0.1, 0.15) is 0 Å². The fourth-order valence-corrected chi connectivity index (χ4v) is 4.04. The Balaban J connectivity index is 2.56. The van der Waals surface area contributed by atoms with Crippen LogP contribution < -0.4 is 0 Å². The van der Waals surface area contributed by atoms with Gasteiger partial charge in [-0.2, -0.15) is 0 Å². The fraction of sp³-hybridized carbons (Fsp3) is 0.889. The number of aliphatic hydroxyl groups excluding tert-OH is 2. The van der Waals surface area contributed by atoms with Gasteiger partial charge in [0, 0.05) is 0 Å². The predicted molar refractivity (Wildman–Crippen MR) is 57.2 cm³/mol. The first-order valence-corrected chi connectivity index (χ1v) is 10.9. The monoisotopic (exact) mass is 312 g/mol. The zero-order valence-corrected chi connectivity index (χ0v) is 11.5. The van der Waals surface area contributed by atoms with E-state index in [4.69, 9.17) is 14.6 Å². The van der Waals surface area contributed by atoms with Crippen molar-refractivity contribution in [1.82, 2.24) is 0 Å². The molecule has 0 aromatic heterocycles. The second-order valence-corrected chi connectivity index (χ2v) is 11.9. The molecule has 7 nitrogen and oxygen atoms in total. The Bertz CT molecular complexity index is 325. The molecule has 17 heavy (non-hydrogen) atoms. The van der Waals surface area contributed by atoms with Crippen LogP contribution in [-0.2, 0) is 18.0 Å². The van der Waals surface area contributed by atoms with Crippen LogP contribution in [0.2, 0.25) is 16.6 Å². The van der Waals surface area contributed by atoms with E-state index in [9.17, 15) is 18.7 Å². The van der Waals surface area contributed by atoms with Crippen LogP contribution in [0.1, 0.15) is 0 Å². The first-order chi connectivity index (χ1) is 7.70. The summed E-state index contributed by atoms with van der Waals surface area (Å²) in [6.45, 7) is -0.623. The summed E-state index contributed by atoms with van der Waals surface area (Å²) in [5.41, 5.74) is 3.21. The Morgan fingerprint density at radius 3 is 2.41 bits per heavy atom. The van der Waals surface area contributed by atoms with Crippen molar-refractivity contribution in [2.24, 2.45) is 0 Å². The molecule has 100 valence electrons. The van der Waals surface area contributed by atoms with Crippen LogP contribution in [0, 0.1) is 0 Å². The van der Waals surface area contributed by atoms with E-state index in [1.54, 1.807) is 11.4 Å². The molecule has 0 aliphatic carbocycles. The molecule has 1 rings (SSSR count). The van der Waals surface area contributed by atoms with Crippen molar-refractivity contribution in [3.63, 3.8) is 0 Å². The SMILES string of the molecule is C[As](C)(=O)C[C@H]1O[C@@H](OCC(=O)O)[C@H](O)[C@@H]1O. The van der Waals surface area contributed by atoms with Crippen LogP contribution >= 0.6 is 0 Å².